The van der Waals surface area contributed by atoms with Gasteiger partial charge in [0.1, 0.15) is 6.54 Å². The van der Waals surface area contributed by atoms with Crippen LogP contribution in [0.25, 0.3) is 5.65 Å². The largest absolute Gasteiger partial charge is 0.347 e. The van der Waals surface area contributed by atoms with Gasteiger partial charge in [0.2, 0.25) is 5.91 Å². The second kappa shape index (κ2) is 8.22. The van der Waals surface area contributed by atoms with Crippen LogP contribution in [-0.4, -0.2) is 30.3 Å². The molecule has 2 N–H and O–H groups in total. The molecule has 1 aromatic carbocycles. The van der Waals surface area contributed by atoms with Gasteiger partial charge in [-0.05, 0) is 38.8 Å². The number of aromatic amines is 1. The molecule has 0 saturated heterocycles. The maximum atomic E-state index is 12.9. The molecule has 3 aromatic heterocycles. The van der Waals surface area contributed by atoms with E-state index in [-0.39, 0.29) is 24.1 Å². The molecule has 0 unspecified atom stereocenters. The molecule has 4 rings (SSSR count). The van der Waals surface area contributed by atoms with Gasteiger partial charge in [0.25, 0.3) is 5.56 Å². The molecule has 0 aliphatic rings. The van der Waals surface area contributed by atoms with E-state index < -0.39 is 0 Å². The Morgan fingerprint density at radius 2 is 1.87 bits per heavy atom. The number of H-pyrrole nitrogens is 1. The average Bonchev–Trinajstić information content (AvgIpc) is 3.23. The summed E-state index contributed by atoms with van der Waals surface area (Å²) in [4.78, 5) is 29.9. The van der Waals surface area contributed by atoms with E-state index in [0.29, 0.717) is 17.8 Å². The summed E-state index contributed by atoms with van der Waals surface area (Å²) in [6, 6.07) is 12.7. The number of benzene rings is 1. The van der Waals surface area contributed by atoms with Gasteiger partial charge in [0.15, 0.2) is 5.65 Å². The van der Waals surface area contributed by atoms with Crippen LogP contribution in [0.2, 0.25) is 0 Å². The Balaban J connectivity index is 1.60. The van der Waals surface area contributed by atoms with Crippen LogP contribution in [0.1, 0.15) is 39.9 Å². The van der Waals surface area contributed by atoms with Crippen LogP contribution >= 0.6 is 0 Å². The second-order valence-corrected chi connectivity index (χ2v) is 7.91. The highest BCUT2D eigenvalue weighted by atomic mass is 16.2. The quantitative estimate of drug-likeness (QED) is 0.503. The van der Waals surface area contributed by atoms with Crippen LogP contribution in [0.4, 0.5) is 0 Å². The molecule has 0 fully saturated rings. The van der Waals surface area contributed by atoms with E-state index in [1.54, 1.807) is 4.68 Å². The van der Waals surface area contributed by atoms with Crippen LogP contribution in [0, 0.1) is 27.7 Å². The summed E-state index contributed by atoms with van der Waals surface area (Å²) in [7, 11) is 0. The van der Waals surface area contributed by atoms with E-state index in [1.165, 1.54) is 10.6 Å². The lowest BCUT2D eigenvalue weighted by Gasteiger charge is -2.19. The van der Waals surface area contributed by atoms with Gasteiger partial charge in [-0.25, -0.2) is 9.50 Å². The fourth-order valence-corrected chi connectivity index (χ4v) is 3.73. The summed E-state index contributed by atoms with van der Waals surface area (Å²) in [6.45, 7) is 7.91. The number of aromatic nitrogens is 5. The van der Waals surface area contributed by atoms with Crippen molar-refractivity contribution in [2.75, 3.05) is 0 Å². The maximum Gasteiger partial charge on any atom is 0.272 e. The minimum atomic E-state index is -0.318. The van der Waals surface area contributed by atoms with Crippen LogP contribution in [0.3, 0.4) is 0 Å². The van der Waals surface area contributed by atoms with E-state index in [9.17, 15) is 9.59 Å². The van der Waals surface area contributed by atoms with E-state index in [2.05, 4.69) is 20.5 Å². The van der Waals surface area contributed by atoms with Crippen molar-refractivity contribution < 1.29 is 4.79 Å². The van der Waals surface area contributed by atoms with Gasteiger partial charge in [-0.1, -0.05) is 30.3 Å². The number of nitrogens with zero attached hydrogens (tertiary/aromatic N) is 4. The highest BCUT2D eigenvalue weighted by Gasteiger charge is 2.19. The van der Waals surface area contributed by atoms with Crippen molar-refractivity contribution in [1.82, 2.24) is 29.7 Å². The van der Waals surface area contributed by atoms with Gasteiger partial charge in [-0.15, -0.1) is 0 Å². The maximum absolute atomic E-state index is 12.9. The lowest BCUT2D eigenvalue weighted by atomic mass is 10.0. The van der Waals surface area contributed by atoms with E-state index >= 15 is 0 Å². The predicted molar refractivity (Wildman–Crippen MR) is 118 cm³/mol. The fourth-order valence-electron chi connectivity index (χ4n) is 3.73. The van der Waals surface area contributed by atoms with Crippen molar-refractivity contribution >= 4 is 11.6 Å². The number of hydrogen-bond donors (Lipinski definition) is 2. The lowest BCUT2D eigenvalue weighted by Crippen LogP contribution is -2.33. The van der Waals surface area contributed by atoms with Gasteiger partial charge < -0.3 is 5.32 Å². The molecule has 160 valence electrons. The minimum absolute atomic E-state index is 0.135. The molecule has 0 spiro atoms. The second-order valence-electron chi connectivity index (χ2n) is 7.91. The molecule has 8 heteroatoms. The molecule has 0 aliphatic carbocycles. The Morgan fingerprint density at radius 3 is 2.55 bits per heavy atom. The summed E-state index contributed by atoms with van der Waals surface area (Å²) >= 11 is 0. The van der Waals surface area contributed by atoms with Crippen LogP contribution in [0.5, 0.6) is 0 Å². The van der Waals surface area contributed by atoms with Crippen LogP contribution < -0.4 is 10.9 Å². The molecule has 31 heavy (non-hydrogen) atoms. The molecule has 1 amide bonds. The molecule has 8 nitrogen and oxygen atoms in total. The number of hydrogen-bond acceptors (Lipinski definition) is 4. The number of fused-ring (bicyclic) bond motifs is 1. The van der Waals surface area contributed by atoms with E-state index in [1.807, 2.05) is 64.1 Å². The fraction of sp³-hybridized carbons (Fsp3) is 0.304. The monoisotopic (exact) mass is 418 g/mol. The molecule has 4 aromatic rings. The Hall–Kier alpha value is -3.68. The van der Waals surface area contributed by atoms with Gasteiger partial charge in [0.05, 0.1) is 17.4 Å². The summed E-state index contributed by atoms with van der Waals surface area (Å²) in [5.41, 5.74) is 5.81. The third kappa shape index (κ3) is 4.28. The highest BCUT2D eigenvalue weighted by Crippen LogP contribution is 2.18. The predicted octanol–water partition coefficient (Wildman–Crippen LogP) is 2.55. The van der Waals surface area contributed by atoms with Gasteiger partial charge in [0, 0.05) is 29.9 Å². The lowest BCUT2D eigenvalue weighted by molar-refractivity contribution is -0.122. The molecule has 0 aliphatic heterocycles. The normalized spacial score (nSPS) is 12.3. The number of rotatable bonds is 6. The molecule has 0 radical (unpaired) electrons. The summed E-state index contributed by atoms with van der Waals surface area (Å²) in [6.07, 6.45) is 0.405. The first-order valence-electron chi connectivity index (χ1n) is 10.2. The summed E-state index contributed by atoms with van der Waals surface area (Å²) in [5.74, 6) is -0.144. The first kappa shape index (κ1) is 20.6. The number of aryl methyl sites for hydroxylation is 2. The van der Waals surface area contributed by atoms with Crippen molar-refractivity contribution in [2.45, 2.75) is 46.7 Å². The zero-order chi connectivity index (χ0) is 22.1. The zero-order valence-corrected chi connectivity index (χ0v) is 18.1. The molecule has 0 saturated carbocycles. The average molecular weight is 419 g/mol. The van der Waals surface area contributed by atoms with Crippen molar-refractivity contribution in [1.29, 1.82) is 0 Å². The number of amides is 1. The van der Waals surface area contributed by atoms with E-state index in [0.717, 1.165) is 28.2 Å². The molecular formula is C23H26N6O2. The minimum Gasteiger partial charge on any atom is -0.347 e. The van der Waals surface area contributed by atoms with Crippen LogP contribution in [-0.2, 0) is 17.8 Å². The molecule has 0 bridgehead atoms. The van der Waals surface area contributed by atoms with Crippen molar-refractivity contribution in [2.24, 2.45) is 0 Å². The third-order valence-electron chi connectivity index (χ3n) is 5.62. The van der Waals surface area contributed by atoms with Gasteiger partial charge in [-0.3, -0.25) is 19.4 Å². The topological polar surface area (TPSA) is 97.1 Å². The van der Waals surface area contributed by atoms with Crippen LogP contribution in [0.15, 0.2) is 47.3 Å². The van der Waals surface area contributed by atoms with Gasteiger partial charge >= 0.3 is 0 Å². The molecule has 1 atom stereocenters. The Bertz CT molecular complexity index is 1300. The third-order valence-corrected chi connectivity index (χ3v) is 5.62. The number of nitrogens with one attached hydrogen (secondary N) is 2. The Kier molecular flexibility index (Phi) is 5.46. The summed E-state index contributed by atoms with van der Waals surface area (Å²) < 4.78 is 3.14. The molecular weight excluding hydrogens is 392 g/mol. The highest BCUT2D eigenvalue weighted by molar-refractivity contribution is 5.76. The number of carbonyl (C=O) groups excluding carboxylic acids is 1. The van der Waals surface area contributed by atoms with Gasteiger partial charge in [-0.2, -0.15) is 5.10 Å². The number of carbonyl (C=O) groups is 1. The Morgan fingerprint density at radius 1 is 1.13 bits per heavy atom. The first-order chi connectivity index (χ1) is 14.8. The Labute approximate surface area is 179 Å². The van der Waals surface area contributed by atoms with Crippen molar-refractivity contribution in [3.63, 3.8) is 0 Å². The standard InChI is InChI=1S/C23H26N6O2/c1-14-10-21-24-19(12-23(31)29(21)26-14)11-20(18-8-6-5-7-9-18)25-22(30)13-28-17(4)15(2)16(3)27-28/h5-10,12,20,26H,11,13H2,1-4H3,(H,25,30)/t20-/m0/s1. The zero-order valence-electron chi connectivity index (χ0n) is 18.1. The first-order valence-corrected chi connectivity index (χ1v) is 10.2. The van der Waals surface area contributed by atoms with E-state index in [4.69, 9.17) is 0 Å². The smallest absolute Gasteiger partial charge is 0.272 e. The van der Waals surface area contributed by atoms with Crippen molar-refractivity contribution in [3.8, 4) is 0 Å². The summed E-state index contributed by atoms with van der Waals surface area (Å²) in [5, 5.41) is 10.5. The molecule has 3 heterocycles. The SMILES string of the molecule is Cc1cc2nc(C[C@H](NC(=O)Cn3nc(C)c(C)c3C)c3ccccc3)cc(=O)n2[nH]1. The van der Waals surface area contributed by atoms with Crippen molar-refractivity contribution in [3.05, 3.63) is 86.7 Å².